The van der Waals surface area contributed by atoms with Crippen LogP contribution in [0.3, 0.4) is 0 Å². The van der Waals surface area contributed by atoms with Crippen LogP contribution < -0.4 is 10.6 Å². The number of hydrogen-bond acceptors (Lipinski definition) is 4. The third-order valence-corrected chi connectivity index (χ3v) is 4.92. The topological polar surface area (TPSA) is 66.6 Å². The molecule has 138 valence electrons. The molecule has 0 aliphatic carbocycles. The number of hydrogen-bond donors (Lipinski definition) is 2. The SMILES string of the molecule is CCNC(=NCc1cn2c(C)cccc2n1)NCc1nc(C(C)C)cs1. The molecule has 26 heavy (non-hydrogen) atoms. The van der Waals surface area contributed by atoms with Gasteiger partial charge in [0.2, 0.25) is 0 Å². The summed E-state index contributed by atoms with van der Waals surface area (Å²) >= 11 is 1.68. The quantitative estimate of drug-likeness (QED) is 0.515. The monoisotopic (exact) mass is 370 g/mol. The second kappa shape index (κ2) is 8.31. The second-order valence-electron chi connectivity index (χ2n) is 6.50. The number of nitrogens with one attached hydrogen (secondary N) is 2. The molecule has 3 rings (SSSR count). The lowest BCUT2D eigenvalue weighted by atomic mass is 10.2. The Bertz CT molecular complexity index is 892. The van der Waals surface area contributed by atoms with E-state index in [4.69, 9.17) is 0 Å². The van der Waals surface area contributed by atoms with Gasteiger partial charge in [-0.2, -0.15) is 0 Å². The average molecular weight is 371 g/mol. The molecule has 0 radical (unpaired) electrons. The Hall–Kier alpha value is -2.41. The lowest BCUT2D eigenvalue weighted by molar-refractivity contribution is 0.787. The maximum atomic E-state index is 4.66. The normalized spacial score (nSPS) is 12.1. The van der Waals surface area contributed by atoms with Crippen LogP contribution in [0.1, 0.15) is 48.8 Å². The van der Waals surface area contributed by atoms with E-state index in [0.717, 1.165) is 34.5 Å². The Labute approximate surface area is 158 Å². The second-order valence-corrected chi connectivity index (χ2v) is 7.44. The summed E-state index contributed by atoms with van der Waals surface area (Å²) in [7, 11) is 0. The molecule has 0 bridgehead atoms. The molecule has 0 saturated heterocycles. The van der Waals surface area contributed by atoms with Crippen molar-refractivity contribution >= 4 is 22.9 Å². The van der Waals surface area contributed by atoms with Crippen LogP contribution in [0.5, 0.6) is 0 Å². The van der Waals surface area contributed by atoms with Crippen LogP contribution in [-0.4, -0.2) is 26.9 Å². The van der Waals surface area contributed by atoms with Gasteiger partial charge in [-0.1, -0.05) is 19.9 Å². The number of pyridine rings is 1. The Balaban J connectivity index is 1.66. The molecule has 3 aromatic rings. The van der Waals surface area contributed by atoms with Crippen molar-refractivity contribution in [1.82, 2.24) is 25.0 Å². The van der Waals surface area contributed by atoms with Gasteiger partial charge in [0.25, 0.3) is 0 Å². The molecule has 0 atom stereocenters. The molecular weight excluding hydrogens is 344 g/mol. The zero-order valence-electron chi connectivity index (χ0n) is 15.8. The third kappa shape index (κ3) is 4.40. The number of rotatable bonds is 6. The zero-order valence-corrected chi connectivity index (χ0v) is 16.6. The van der Waals surface area contributed by atoms with Gasteiger partial charge in [0.15, 0.2) is 5.96 Å². The van der Waals surface area contributed by atoms with Crippen molar-refractivity contribution in [2.24, 2.45) is 4.99 Å². The smallest absolute Gasteiger partial charge is 0.191 e. The van der Waals surface area contributed by atoms with Crippen LogP contribution in [0, 0.1) is 6.92 Å². The van der Waals surface area contributed by atoms with Gasteiger partial charge < -0.3 is 15.0 Å². The van der Waals surface area contributed by atoms with E-state index < -0.39 is 0 Å². The van der Waals surface area contributed by atoms with E-state index in [2.05, 4.69) is 69.1 Å². The molecule has 3 aromatic heterocycles. The average Bonchev–Trinajstić information content (AvgIpc) is 3.25. The number of aliphatic imine (C=N–C) groups is 1. The predicted octanol–water partition coefficient (Wildman–Crippen LogP) is 3.48. The van der Waals surface area contributed by atoms with Crippen molar-refractivity contribution in [2.45, 2.75) is 46.7 Å². The first-order chi connectivity index (χ1) is 12.6. The molecule has 0 spiro atoms. The summed E-state index contributed by atoms with van der Waals surface area (Å²) in [6.07, 6.45) is 2.05. The van der Waals surface area contributed by atoms with E-state index >= 15 is 0 Å². The molecule has 0 aliphatic heterocycles. The summed E-state index contributed by atoms with van der Waals surface area (Å²) in [4.78, 5) is 14.0. The predicted molar refractivity (Wildman–Crippen MR) is 108 cm³/mol. The fourth-order valence-electron chi connectivity index (χ4n) is 2.61. The minimum Gasteiger partial charge on any atom is -0.357 e. The van der Waals surface area contributed by atoms with Gasteiger partial charge in [-0.3, -0.25) is 0 Å². The van der Waals surface area contributed by atoms with Crippen LogP contribution in [0.2, 0.25) is 0 Å². The first-order valence-electron chi connectivity index (χ1n) is 8.97. The Kier molecular flexibility index (Phi) is 5.88. The Morgan fingerprint density at radius 3 is 2.81 bits per heavy atom. The summed E-state index contributed by atoms with van der Waals surface area (Å²) in [5, 5.41) is 9.84. The molecular formula is C19H26N6S. The lowest BCUT2D eigenvalue weighted by Gasteiger charge is -2.09. The standard InChI is InChI=1S/C19H26N6S/c1-5-20-19(22-10-18-24-16(12-26-18)13(2)3)21-9-15-11-25-14(4)7-6-8-17(25)23-15/h6-8,11-13H,5,9-10H2,1-4H3,(H2,20,21,22). The van der Waals surface area contributed by atoms with Crippen LogP contribution >= 0.6 is 11.3 Å². The van der Waals surface area contributed by atoms with E-state index in [1.54, 1.807) is 11.3 Å². The number of nitrogens with zero attached hydrogens (tertiary/aromatic N) is 4. The molecule has 0 amide bonds. The van der Waals surface area contributed by atoms with Gasteiger partial charge in [0, 0.05) is 23.8 Å². The van der Waals surface area contributed by atoms with Gasteiger partial charge in [0.05, 0.1) is 24.5 Å². The van der Waals surface area contributed by atoms with Crippen molar-refractivity contribution in [3.05, 3.63) is 51.9 Å². The van der Waals surface area contributed by atoms with Gasteiger partial charge in [-0.05, 0) is 31.9 Å². The number of guanidine groups is 1. The molecule has 0 fully saturated rings. The summed E-state index contributed by atoms with van der Waals surface area (Å²) < 4.78 is 2.09. The number of aryl methyl sites for hydroxylation is 1. The highest BCUT2D eigenvalue weighted by atomic mass is 32.1. The van der Waals surface area contributed by atoms with E-state index in [9.17, 15) is 0 Å². The first-order valence-corrected chi connectivity index (χ1v) is 9.85. The molecule has 0 unspecified atom stereocenters. The van der Waals surface area contributed by atoms with Gasteiger partial charge in [-0.25, -0.2) is 15.0 Å². The molecule has 7 heteroatoms. The van der Waals surface area contributed by atoms with E-state index in [1.807, 2.05) is 18.3 Å². The molecule has 3 heterocycles. The summed E-state index contributed by atoms with van der Waals surface area (Å²) in [5.41, 5.74) is 4.22. The van der Waals surface area contributed by atoms with Crippen LogP contribution in [0.15, 0.2) is 34.8 Å². The lowest BCUT2D eigenvalue weighted by Crippen LogP contribution is -2.36. The van der Waals surface area contributed by atoms with Gasteiger partial charge in [-0.15, -0.1) is 11.3 Å². The van der Waals surface area contributed by atoms with E-state index in [0.29, 0.717) is 19.0 Å². The molecule has 2 N–H and O–H groups in total. The fourth-order valence-corrected chi connectivity index (χ4v) is 3.50. The fraction of sp³-hybridized carbons (Fsp3) is 0.421. The van der Waals surface area contributed by atoms with Crippen LogP contribution in [0.25, 0.3) is 5.65 Å². The highest BCUT2D eigenvalue weighted by molar-refractivity contribution is 7.09. The van der Waals surface area contributed by atoms with Crippen molar-refractivity contribution in [2.75, 3.05) is 6.54 Å². The highest BCUT2D eigenvalue weighted by Gasteiger charge is 2.07. The van der Waals surface area contributed by atoms with Crippen LogP contribution in [0.4, 0.5) is 0 Å². The Morgan fingerprint density at radius 1 is 1.27 bits per heavy atom. The Morgan fingerprint density at radius 2 is 2.12 bits per heavy atom. The summed E-state index contributed by atoms with van der Waals surface area (Å²) in [5.74, 6) is 1.24. The van der Waals surface area contributed by atoms with Crippen molar-refractivity contribution in [1.29, 1.82) is 0 Å². The number of thiazole rings is 1. The maximum Gasteiger partial charge on any atom is 0.191 e. The zero-order chi connectivity index (χ0) is 18.5. The molecule has 6 nitrogen and oxygen atoms in total. The maximum absolute atomic E-state index is 4.66. The van der Waals surface area contributed by atoms with Crippen molar-refractivity contribution in [3.63, 3.8) is 0 Å². The number of imidazole rings is 1. The van der Waals surface area contributed by atoms with Gasteiger partial charge in [0.1, 0.15) is 10.7 Å². The summed E-state index contributed by atoms with van der Waals surface area (Å²) in [6.45, 7) is 10.5. The molecule has 0 aliphatic rings. The van der Waals surface area contributed by atoms with Gasteiger partial charge >= 0.3 is 0 Å². The third-order valence-electron chi connectivity index (χ3n) is 4.06. The molecule has 0 aromatic carbocycles. The molecule has 0 saturated carbocycles. The minimum atomic E-state index is 0.459. The largest absolute Gasteiger partial charge is 0.357 e. The van der Waals surface area contributed by atoms with E-state index in [1.165, 1.54) is 5.69 Å². The van der Waals surface area contributed by atoms with Crippen molar-refractivity contribution in [3.8, 4) is 0 Å². The van der Waals surface area contributed by atoms with E-state index in [-0.39, 0.29) is 0 Å². The summed E-state index contributed by atoms with van der Waals surface area (Å²) in [6, 6.07) is 6.11. The first kappa shape index (κ1) is 18.4. The highest BCUT2D eigenvalue weighted by Crippen LogP contribution is 2.17. The number of aromatic nitrogens is 3. The van der Waals surface area contributed by atoms with Crippen LogP contribution in [-0.2, 0) is 13.1 Å². The number of fused-ring (bicyclic) bond motifs is 1. The van der Waals surface area contributed by atoms with Crippen molar-refractivity contribution < 1.29 is 0 Å². The minimum absolute atomic E-state index is 0.459.